The van der Waals surface area contributed by atoms with Gasteiger partial charge in [-0.15, -0.1) is 0 Å². The molecule has 0 spiro atoms. The van der Waals surface area contributed by atoms with Crippen LogP contribution >= 0.6 is 0 Å². The number of aromatic nitrogens is 1. The monoisotopic (exact) mass is 190 g/mol. The molecule has 1 aliphatic rings. The zero-order valence-electron chi connectivity index (χ0n) is 8.69. The van der Waals surface area contributed by atoms with Crippen LogP contribution in [0.1, 0.15) is 25.5 Å². The minimum atomic E-state index is 0.406. The molecule has 2 nitrogen and oxygen atoms in total. The molecule has 0 saturated heterocycles. The molecule has 3 unspecified atom stereocenters. The predicted octanol–water partition coefficient (Wildman–Crippen LogP) is 2.00. The van der Waals surface area contributed by atoms with Gasteiger partial charge in [0, 0.05) is 17.9 Å². The summed E-state index contributed by atoms with van der Waals surface area (Å²) >= 11 is 0. The molecule has 1 heterocycles. The molecule has 14 heavy (non-hydrogen) atoms. The minimum Gasteiger partial charge on any atom is -0.327 e. The highest BCUT2D eigenvalue weighted by atomic mass is 14.7. The summed E-state index contributed by atoms with van der Waals surface area (Å²) in [6, 6.07) is 6.54. The quantitative estimate of drug-likeness (QED) is 0.774. The van der Waals surface area contributed by atoms with Crippen LogP contribution in [0.25, 0.3) is 0 Å². The summed E-state index contributed by atoms with van der Waals surface area (Å²) < 4.78 is 0. The number of rotatable bonds is 2. The Kier molecular flexibility index (Phi) is 2.82. The van der Waals surface area contributed by atoms with Gasteiger partial charge in [0.1, 0.15) is 0 Å². The van der Waals surface area contributed by atoms with E-state index in [4.69, 9.17) is 5.73 Å². The van der Waals surface area contributed by atoms with Crippen LogP contribution in [0, 0.1) is 11.8 Å². The van der Waals surface area contributed by atoms with Gasteiger partial charge in [0.05, 0.1) is 0 Å². The van der Waals surface area contributed by atoms with E-state index < -0.39 is 0 Å². The van der Waals surface area contributed by atoms with Gasteiger partial charge in [-0.1, -0.05) is 13.0 Å². The maximum atomic E-state index is 6.00. The van der Waals surface area contributed by atoms with Gasteiger partial charge in [-0.3, -0.25) is 4.98 Å². The fourth-order valence-electron chi connectivity index (χ4n) is 2.36. The lowest BCUT2D eigenvalue weighted by molar-refractivity contribution is 0.387. The van der Waals surface area contributed by atoms with E-state index in [0.717, 1.165) is 12.3 Å². The summed E-state index contributed by atoms with van der Waals surface area (Å²) in [6.45, 7) is 2.27. The summed E-state index contributed by atoms with van der Waals surface area (Å²) in [7, 11) is 0. The van der Waals surface area contributed by atoms with Crippen LogP contribution in [-0.2, 0) is 6.42 Å². The molecule has 2 N–H and O–H groups in total. The lowest BCUT2D eigenvalue weighted by Gasteiger charge is -2.17. The summed E-state index contributed by atoms with van der Waals surface area (Å²) in [5.74, 6) is 1.39. The third-order valence-electron chi connectivity index (χ3n) is 3.49. The highest BCUT2D eigenvalue weighted by molar-refractivity contribution is 5.05. The first-order chi connectivity index (χ1) is 6.77. The zero-order valence-corrected chi connectivity index (χ0v) is 8.69. The molecular formula is C12H18N2. The molecule has 0 aromatic carbocycles. The van der Waals surface area contributed by atoms with Crippen molar-refractivity contribution >= 4 is 0 Å². The summed E-state index contributed by atoms with van der Waals surface area (Å²) in [5.41, 5.74) is 7.21. The Hall–Kier alpha value is -0.890. The van der Waals surface area contributed by atoms with Gasteiger partial charge < -0.3 is 5.73 Å². The Labute approximate surface area is 85.5 Å². The number of hydrogen-bond donors (Lipinski definition) is 1. The largest absolute Gasteiger partial charge is 0.327 e. The summed E-state index contributed by atoms with van der Waals surface area (Å²) in [5, 5.41) is 0. The Balaban J connectivity index is 1.99. The molecule has 1 aliphatic carbocycles. The van der Waals surface area contributed by atoms with E-state index in [1.165, 1.54) is 18.5 Å². The topological polar surface area (TPSA) is 38.9 Å². The second-order valence-corrected chi connectivity index (χ2v) is 4.39. The molecule has 0 aliphatic heterocycles. The third kappa shape index (κ3) is 1.95. The fourth-order valence-corrected chi connectivity index (χ4v) is 2.36. The van der Waals surface area contributed by atoms with E-state index in [0.29, 0.717) is 12.0 Å². The minimum absolute atomic E-state index is 0.406. The van der Waals surface area contributed by atoms with Crippen molar-refractivity contribution in [3.63, 3.8) is 0 Å². The van der Waals surface area contributed by atoms with Crippen LogP contribution in [0.2, 0.25) is 0 Å². The first-order valence-electron chi connectivity index (χ1n) is 5.43. The second-order valence-electron chi connectivity index (χ2n) is 4.39. The van der Waals surface area contributed by atoms with Crippen molar-refractivity contribution in [1.29, 1.82) is 0 Å². The first-order valence-corrected chi connectivity index (χ1v) is 5.43. The molecule has 2 rings (SSSR count). The average Bonchev–Trinajstić information content (AvgIpc) is 2.52. The molecule has 76 valence electrons. The number of nitrogens with two attached hydrogens (primary N) is 1. The molecule has 0 amide bonds. The maximum Gasteiger partial charge on any atom is 0.0406 e. The normalized spacial score (nSPS) is 32.0. The summed E-state index contributed by atoms with van der Waals surface area (Å²) in [6.07, 6.45) is 5.40. The SMILES string of the molecule is CC1C(N)CCC1Cc1ccccn1. The third-order valence-corrected chi connectivity index (χ3v) is 3.49. The number of pyridine rings is 1. The van der Waals surface area contributed by atoms with Crippen molar-refractivity contribution in [2.75, 3.05) is 0 Å². The molecule has 1 aromatic heterocycles. The van der Waals surface area contributed by atoms with E-state index in [-0.39, 0.29) is 0 Å². The number of nitrogens with zero attached hydrogens (tertiary/aromatic N) is 1. The van der Waals surface area contributed by atoms with Gasteiger partial charge in [0.2, 0.25) is 0 Å². The average molecular weight is 190 g/mol. The molecule has 0 bridgehead atoms. The maximum absolute atomic E-state index is 6.00. The smallest absolute Gasteiger partial charge is 0.0406 e. The zero-order chi connectivity index (χ0) is 9.97. The Morgan fingerprint density at radius 2 is 2.29 bits per heavy atom. The van der Waals surface area contributed by atoms with Crippen molar-refractivity contribution in [3.05, 3.63) is 30.1 Å². The van der Waals surface area contributed by atoms with Crippen molar-refractivity contribution in [2.24, 2.45) is 17.6 Å². The summed E-state index contributed by atoms with van der Waals surface area (Å²) in [4.78, 5) is 4.36. The Morgan fingerprint density at radius 3 is 2.86 bits per heavy atom. The van der Waals surface area contributed by atoms with Gasteiger partial charge in [-0.2, -0.15) is 0 Å². The molecule has 1 aromatic rings. The molecule has 3 atom stereocenters. The van der Waals surface area contributed by atoms with Gasteiger partial charge in [-0.25, -0.2) is 0 Å². The van der Waals surface area contributed by atoms with Crippen molar-refractivity contribution < 1.29 is 0 Å². The van der Waals surface area contributed by atoms with Gasteiger partial charge in [0.25, 0.3) is 0 Å². The predicted molar refractivity (Wildman–Crippen MR) is 57.8 cm³/mol. The van der Waals surface area contributed by atoms with E-state index in [1.807, 2.05) is 12.3 Å². The van der Waals surface area contributed by atoms with Crippen LogP contribution in [-0.4, -0.2) is 11.0 Å². The van der Waals surface area contributed by atoms with Crippen LogP contribution in [0.15, 0.2) is 24.4 Å². The van der Waals surface area contributed by atoms with Gasteiger partial charge >= 0.3 is 0 Å². The molecule has 0 radical (unpaired) electrons. The van der Waals surface area contributed by atoms with Crippen molar-refractivity contribution in [1.82, 2.24) is 4.98 Å². The van der Waals surface area contributed by atoms with Crippen LogP contribution in [0.3, 0.4) is 0 Å². The highest BCUT2D eigenvalue weighted by Crippen LogP contribution is 2.32. The van der Waals surface area contributed by atoms with Crippen LogP contribution < -0.4 is 5.73 Å². The highest BCUT2D eigenvalue weighted by Gasteiger charge is 2.30. The lowest BCUT2D eigenvalue weighted by atomic mass is 9.91. The first kappa shape index (κ1) is 9.66. The van der Waals surface area contributed by atoms with Crippen molar-refractivity contribution in [3.8, 4) is 0 Å². The fraction of sp³-hybridized carbons (Fsp3) is 0.583. The lowest BCUT2D eigenvalue weighted by Crippen LogP contribution is -2.25. The number of hydrogen-bond acceptors (Lipinski definition) is 2. The van der Waals surface area contributed by atoms with E-state index in [9.17, 15) is 0 Å². The Bertz CT molecular complexity index is 284. The van der Waals surface area contributed by atoms with Gasteiger partial charge in [-0.05, 0) is 43.2 Å². The van der Waals surface area contributed by atoms with E-state index >= 15 is 0 Å². The molecule has 1 fully saturated rings. The standard InChI is InChI=1S/C12H18N2/c1-9-10(5-6-12(9)13)8-11-4-2-3-7-14-11/h2-4,7,9-10,12H,5-6,8,13H2,1H3. The van der Waals surface area contributed by atoms with Crippen LogP contribution in [0.4, 0.5) is 0 Å². The van der Waals surface area contributed by atoms with E-state index in [2.05, 4.69) is 24.0 Å². The van der Waals surface area contributed by atoms with Crippen molar-refractivity contribution in [2.45, 2.75) is 32.2 Å². The molecular weight excluding hydrogens is 172 g/mol. The van der Waals surface area contributed by atoms with Gasteiger partial charge in [0.15, 0.2) is 0 Å². The van der Waals surface area contributed by atoms with Crippen LogP contribution in [0.5, 0.6) is 0 Å². The molecule has 2 heteroatoms. The van der Waals surface area contributed by atoms with E-state index in [1.54, 1.807) is 0 Å². The second kappa shape index (κ2) is 4.09. The Morgan fingerprint density at radius 1 is 1.43 bits per heavy atom. The molecule has 1 saturated carbocycles.